The second kappa shape index (κ2) is 5.09. The minimum atomic E-state index is 0.222. The number of nitrogens with zero attached hydrogens (tertiary/aromatic N) is 2. The molecular weight excluding hydrogens is 258 g/mol. The standard InChI is InChI=1S/C14H15N3OS/c1-9-12(6-10-7-15-8-16-10)17-14(19-9)11-4-2-3-5-13(11)18/h2-5,7-9,12,18H,6H2,1H3,(H,15,16)/t9-,12-/m1/s1. The Balaban J connectivity index is 1.83. The first-order valence-electron chi connectivity index (χ1n) is 6.24. The Morgan fingerprint density at radius 1 is 1.37 bits per heavy atom. The highest BCUT2D eigenvalue weighted by Crippen LogP contribution is 2.34. The predicted octanol–water partition coefficient (Wildman–Crippen LogP) is 2.61. The monoisotopic (exact) mass is 273 g/mol. The lowest BCUT2D eigenvalue weighted by molar-refractivity contribution is 0.474. The molecule has 0 aliphatic carbocycles. The number of rotatable bonds is 3. The van der Waals surface area contributed by atoms with Crippen LogP contribution in [0.15, 0.2) is 41.8 Å². The zero-order valence-electron chi connectivity index (χ0n) is 10.6. The summed E-state index contributed by atoms with van der Waals surface area (Å²) in [5, 5.41) is 11.2. The van der Waals surface area contributed by atoms with Crippen molar-refractivity contribution in [1.82, 2.24) is 9.97 Å². The van der Waals surface area contributed by atoms with Crippen LogP contribution in [0.5, 0.6) is 5.75 Å². The van der Waals surface area contributed by atoms with Gasteiger partial charge in [0.2, 0.25) is 0 Å². The highest BCUT2D eigenvalue weighted by atomic mass is 32.2. The third kappa shape index (κ3) is 2.51. The van der Waals surface area contributed by atoms with Crippen molar-refractivity contribution in [3.8, 4) is 5.75 Å². The van der Waals surface area contributed by atoms with E-state index < -0.39 is 0 Å². The number of aromatic amines is 1. The zero-order valence-corrected chi connectivity index (χ0v) is 11.4. The van der Waals surface area contributed by atoms with E-state index in [1.807, 2.05) is 24.4 Å². The van der Waals surface area contributed by atoms with Crippen molar-refractivity contribution in [3.05, 3.63) is 48.0 Å². The van der Waals surface area contributed by atoms with Crippen molar-refractivity contribution in [2.75, 3.05) is 0 Å². The molecule has 0 fully saturated rings. The lowest BCUT2D eigenvalue weighted by atomic mass is 10.1. The number of aromatic hydroxyl groups is 1. The topological polar surface area (TPSA) is 61.3 Å². The summed E-state index contributed by atoms with van der Waals surface area (Å²) in [5.74, 6) is 0.295. The molecular formula is C14H15N3OS. The molecule has 2 heterocycles. The van der Waals surface area contributed by atoms with E-state index in [9.17, 15) is 5.11 Å². The van der Waals surface area contributed by atoms with Gasteiger partial charge in [-0.1, -0.05) is 19.1 Å². The fourth-order valence-corrected chi connectivity index (χ4v) is 3.32. The van der Waals surface area contributed by atoms with Crippen LogP contribution in [0.25, 0.3) is 0 Å². The van der Waals surface area contributed by atoms with Gasteiger partial charge in [0.15, 0.2) is 0 Å². The van der Waals surface area contributed by atoms with Crippen LogP contribution in [0.1, 0.15) is 18.2 Å². The molecule has 0 saturated heterocycles. The summed E-state index contributed by atoms with van der Waals surface area (Å²) in [6.07, 6.45) is 4.38. The van der Waals surface area contributed by atoms with Gasteiger partial charge in [-0.05, 0) is 12.1 Å². The largest absolute Gasteiger partial charge is 0.507 e. The summed E-state index contributed by atoms with van der Waals surface area (Å²) in [4.78, 5) is 11.9. The summed E-state index contributed by atoms with van der Waals surface area (Å²) >= 11 is 1.72. The smallest absolute Gasteiger partial charge is 0.125 e. The van der Waals surface area contributed by atoms with Crippen LogP contribution in [0.4, 0.5) is 0 Å². The third-order valence-corrected chi connectivity index (χ3v) is 4.48. The van der Waals surface area contributed by atoms with Gasteiger partial charge < -0.3 is 10.1 Å². The molecule has 2 aromatic rings. The minimum absolute atomic E-state index is 0.222. The molecule has 5 heteroatoms. The van der Waals surface area contributed by atoms with Crippen molar-refractivity contribution in [1.29, 1.82) is 0 Å². The Kier molecular flexibility index (Phi) is 3.29. The van der Waals surface area contributed by atoms with E-state index in [1.54, 1.807) is 24.2 Å². The highest BCUT2D eigenvalue weighted by Gasteiger charge is 2.28. The van der Waals surface area contributed by atoms with Crippen LogP contribution in [0.3, 0.4) is 0 Å². The van der Waals surface area contributed by atoms with Crippen molar-refractivity contribution >= 4 is 16.8 Å². The van der Waals surface area contributed by atoms with Crippen LogP contribution >= 0.6 is 11.8 Å². The van der Waals surface area contributed by atoms with Gasteiger partial charge in [0.25, 0.3) is 0 Å². The molecule has 0 unspecified atom stereocenters. The van der Waals surface area contributed by atoms with Crippen LogP contribution in [0, 0.1) is 0 Å². The van der Waals surface area contributed by atoms with Gasteiger partial charge in [-0.15, -0.1) is 11.8 Å². The molecule has 19 heavy (non-hydrogen) atoms. The first-order chi connectivity index (χ1) is 9.24. The summed E-state index contributed by atoms with van der Waals surface area (Å²) < 4.78 is 0. The van der Waals surface area contributed by atoms with Crippen LogP contribution < -0.4 is 0 Å². The number of benzene rings is 1. The summed E-state index contributed by atoms with van der Waals surface area (Å²) in [7, 11) is 0. The molecule has 4 nitrogen and oxygen atoms in total. The zero-order chi connectivity index (χ0) is 13.2. The molecule has 1 aliphatic heterocycles. The summed E-state index contributed by atoms with van der Waals surface area (Å²) in [6.45, 7) is 2.17. The average Bonchev–Trinajstić information content (AvgIpc) is 3.02. The molecule has 0 saturated carbocycles. The lowest BCUT2D eigenvalue weighted by Crippen LogP contribution is -2.16. The molecule has 1 aromatic heterocycles. The molecule has 0 bridgehead atoms. The van der Waals surface area contributed by atoms with Crippen LogP contribution in [-0.4, -0.2) is 31.4 Å². The third-order valence-electron chi connectivity index (χ3n) is 3.24. The summed E-state index contributed by atoms with van der Waals surface area (Å²) in [5.41, 5.74) is 1.92. The Morgan fingerprint density at radius 3 is 2.95 bits per heavy atom. The number of para-hydroxylation sites is 1. The molecule has 1 aromatic carbocycles. The maximum Gasteiger partial charge on any atom is 0.125 e. The van der Waals surface area contributed by atoms with Gasteiger partial charge in [-0.3, -0.25) is 4.99 Å². The number of aromatic nitrogens is 2. The number of nitrogens with one attached hydrogen (secondary N) is 1. The first kappa shape index (κ1) is 12.3. The molecule has 1 aliphatic rings. The van der Waals surface area contributed by atoms with Gasteiger partial charge in [0, 0.05) is 29.1 Å². The Bertz CT molecular complexity index is 594. The first-order valence-corrected chi connectivity index (χ1v) is 7.12. The van der Waals surface area contributed by atoms with Crippen LogP contribution in [0.2, 0.25) is 0 Å². The van der Waals surface area contributed by atoms with E-state index >= 15 is 0 Å². The fourth-order valence-electron chi connectivity index (χ4n) is 2.16. The number of thioether (sulfide) groups is 1. The summed E-state index contributed by atoms with van der Waals surface area (Å²) in [6, 6.07) is 7.58. The number of aliphatic imine (C=N–C) groups is 1. The molecule has 0 spiro atoms. The molecule has 98 valence electrons. The number of phenolic OH excluding ortho intramolecular Hbond substituents is 1. The molecule has 0 amide bonds. The SMILES string of the molecule is C[C@H]1SC(c2ccccc2O)=N[C@@H]1Cc1cnc[nH]1. The molecule has 0 radical (unpaired) electrons. The molecule has 2 N–H and O–H groups in total. The van der Waals surface area contributed by atoms with E-state index in [0.29, 0.717) is 11.0 Å². The van der Waals surface area contributed by atoms with Gasteiger partial charge in [0.1, 0.15) is 10.8 Å². The Labute approximate surface area is 116 Å². The second-order valence-corrected chi connectivity index (χ2v) is 5.99. The normalized spacial score (nSPS) is 22.5. The number of H-pyrrole nitrogens is 1. The number of hydrogen-bond donors (Lipinski definition) is 2. The van der Waals surface area contributed by atoms with Crippen LogP contribution in [-0.2, 0) is 6.42 Å². The lowest BCUT2D eigenvalue weighted by Gasteiger charge is -2.10. The second-order valence-electron chi connectivity index (χ2n) is 4.62. The van der Waals surface area contributed by atoms with Gasteiger partial charge >= 0.3 is 0 Å². The van der Waals surface area contributed by atoms with Gasteiger partial charge in [-0.2, -0.15) is 0 Å². The minimum Gasteiger partial charge on any atom is -0.507 e. The molecule has 3 rings (SSSR count). The van der Waals surface area contributed by atoms with Crippen molar-refractivity contribution in [2.24, 2.45) is 4.99 Å². The van der Waals surface area contributed by atoms with E-state index in [0.717, 1.165) is 22.7 Å². The van der Waals surface area contributed by atoms with Crippen molar-refractivity contribution in [3.63, 3.8) is 0 Å². The Morgan fingerprint density at radius 2 is 2.21 bits per heavy atom. The van der Waals surface area contributed by atoms with Gasteiger partial charge in [-0.25, -0.2) is 4.98 Å². The van der Waals surface area contributed by atoms with Crippen molar-refractivity contribution < 1.29 is 5.11 Å². The fraction of sp³-hybridized carbons (Fsp3) is 0.286. The number of phenols is 1. The maximum absolute atomic E-state index is 9.89. The quantitative estimate of drug-likeness (QED) is 0.903. The maximum atomic E-state index is 9.89. The van der Waals surface area contributed by atoms with E-state index in [1.165, 1.54) is 0 Å². The number of hydrogen-bond acceptors (Lipinski definition) is 4. The van der Waals surface area contributed by atoms with E-state index in [2.05, 4.69) is 16.9 Å². The Hall–Kier alpha value is -1.75. The van der Waals surface area contributed by atoms with Gasteiger partial charge in [0.05, 0.1) is 12.4 Å². The molecule has 2 atom stereocenters. The average molecular weight is 273 g/mol. The highest BCUT2D eigenvalue weighted by molar-refractivity contribution is 8.15. The van der Waals surface area contributed by atoms with E-state index in [4.69, 9.17) is 4.99 Å². The van der Waals surface area contributed by atoms with Crippen molar-refractivity contribution in [2.45, 2.75) is 24.6 Å². The number of imidazole rings is 1. The predicted molar refractivity (Wildman–Crippen MR) is 77.8 cm³/mol. The van der Waals surface area contributed by atoms with E-state index in [-0.39, 0.29) is 6.04 Å².